The van der Waals surface area contributed by atoms with Crippen LogP contribution < -0.4 is 10.1 Å². The topological polar surface area (TPSA) is 83.3 Å². The van der Waals surface area contributed by atoms with Gasteiger partial charge in [0.25, 0.3) is 0 Å². The van der Waals surface area contributed by atoms with E-state index in [4.69, 9.17) is 19.7 Å². The number of hydrogen-bond acceptors (Lipinski definition) is 7. The summed E-state index contributed by atoms with van der Waals surface area (Å²) < 4.78 is 50.5. The molecule has 0 bridgehead atoms. The molecule has 5 rings (SSSR count). The van der Waals surface area contributed by atoms with E-state index in [1.165, 1.54) is 6.08 Å². The van der Waals surface area contributed by atoms with Crippen LogP contribution in [0, 0.1) is 25.2 Å². The predicted octanol–water partition coefficient (Wildman–Crippen LogP) is 6.55. The van der Waals surface area contributed by atoms with Crippen molar-refractivity contribution in [3.63, 3.8) is 0 Å². The van der Waals surface area contributed by atoms with Crippen LogP contribution in [-0.4, -0.2) is 34.0 Å². The fourth-order valence-electron chi connectivity index (χ4n) is 5.12. The van der Waals surface area contributed by atoms with Crippen molar-refractivity contribution < 1.29 is 22.6 Å². The molecule has 2 aliphatic heterocycles. The molecule has 3 heterocycles. The molecule has 3 aromatic rings. The average Bonchev–Trinajstić information content (AvgIpc) is 3.39. The number of aryl methyl sites for hydroxylation is 2. The summed E-state index contributed by atoms with van der Waals surface area (Å²) in [6, 6.07) is 11.5. The van der Waals surface area contributed by atoms with Gasteiger partial charge in [0.2, 0.25) is 11.8 Å². The number of allylic oxidation sites excluding steroid dienone is 1. The normalized spacial score (nSPS) is 16.2. The lowest BCUT2D eigenvalue weighted by atomic mass is 10.0. The second-order valence-corrected chi connectivity index (χ2v) is 10.2. The number of anilines is 1. The number of nitrogens with zero attached hydrogens (tertiary/aromatic N) is 4. The summed E-state index contributed by atoms with van der Waals surface area (Å²) in [5, 5.41) is 12.3. The third-order valence-electron chi connectivity index (χ3n) is 7.18. The zero-order chi connectivity index (χ0) is 28.3. The maximum absolute atomic E-state index is 12.8. The minimum absolute atomic E-state index is 0.159. The summed E-state index contributed by atoms with van der Waals surface area (Å²) >= 11 is 0. The van der Waals surface area contributed by atoms with Crippen molar-refractivity contribution >= 4 is 12.0 Å². The lowest BCUT2D eigenvalue weighted by Gasteiger charge is -2.32. The van der Waals surface area contributed by atoms with E-state index in [9.17, 15) is 13.2 Å². The van der Waals surface area contributed by atoms with Gasteiger partial charge in [0, 0.05) is 31.8 Å². The highest BCUT2D eigenvalue weighted by molar-refractivity contribution is 5.58. The van der Waals surface area contributed by atoms with Gasteiger partial charge in [-0.15, -0.1) is 0 Å². The molecular weight excluding hydrogens is 519 g/mol. The van der Waals surface area contributed by atoms with E-state index in [1.54, 1.807) is 18.2 Å². The van der Waals surface area contributed by atoms with Crippen molar-refractivity contribution in [1.29, 1.82) is 5.26 Å². The summed E-state index contributed by atoms with van der Waals surface area (Å²) in [6.45, 7) is 6.92. The first-order chi connectivity index (χ1) is 19.2. The van der Waals surface area contributed by atoms with E-state index >= 15 is 0 Å². The van der Waals surface area contributed by atoms with Gasteiger partial charge in [0.05, 0.1) is 36.1 Å². The van der Waals surface area contributed by atoms with Crippen LogP contribution in [-0.2, 0) is 30.7 Å². The zero-order valence-corrected chi connectivity index (χ0v) is 22.4. The van der Waals surface area contributed by atoms with Gasteiger partial charge in [0.15, 0.2) is 0 Å². The molecule has 0 unspecified atom stereocenters. The fraction of sp³-hybridized carbons (Fsp3) is 0.367. The van der Waals surface area contributed by atoms with Gasteiger partial charge < -0.3 is 14.8 Å². The van der Waals surface area contributed by atoms with Gasteiger partial charge in [0.1, 0.15) is 5.75 Å². The van der Waals surface area contributed by atoms with Crippen LogP contribution in [0.1, 0.15) is 51.9 Å². The largest absolute Gasteiger partial charge is 0.438 e. The molecule has 0 atom stereocenters. The van der Waals surface area contributed by atoms with Crippen molar-refractivity contribution in [2.24, 2.45) is 0 Å². The van der Waals surface area contributed by atoms with E-state index < -0.39 is 11.7 Å². The number of benzene rings is 2. The molecule has 7 nitrogen and oxygen atoms in total. The van der Waals surface area contributed by atoms with Crippen LogP contribution in [0.4, 0.5) is 19.1 Å². The van der Waals surface area contributed by atoms with Gasteiger partial charge in [-0.1, -0.05) is 12.1 Å². The van der Waals surface area contributed by atoms with Gasteiger partial charge in [-0.25, -0.2) is 4.98 Å². The number of likely N-dealkylation sites (tertiary alicyclic amines) is 1. The van der Waals surface area contributed by atoms with Crippen LogP contribution in [0.15, 0.2) is 42.5 Å². The summed E-state index contributed by atoms with van der Waals surface area (Å²) in [5.74, 6) is 1.67. The summed E-state index contributed by atoms with van der Waals surface area (Å²) in [6.07, 6.45) is 0.586. The number of ether oxygens (including phenoxy) is 2. The highest BCUT2D eigenvalue weighted by Crippen LogP contribution is 2.35. The smallest absolute Gasteiger partial charge is 0.416 e. The molecule has 10 heteroatoms. The second-order valence-electron chi connectivity index (χ2n) is 10.2. The third-order valence-corrected chi connectivity index (χ3v) is 7.18. The standard InChI is InChI=1S/C30H30F3N5O2/c1-19-14-22(4-3-11-34)15-20(2)27(19)40-28-25-17-39-18-26(25)36-29(37-28)35-24-9-12-38(13-10-24)16-21-5-7-23(8-6-21)30(31,32)33/h3-8,14-15,24H,9-10,12-13,16-18H2,1-2H3,(H,35,36,37)/b4-3+. The maximum Gasteiger partial charge on any atom is 0.416 e. The molecule has 1 aromatic heterocycles. The van der Waals surface area contributed by atoms with Crippen LogP contribution >= 0.6 is 0 Å². The molecule has 0 spiro atoms. The van der Waals surface area contributed by atoms with Crippen molar-refractivity contribution in [3.8, 4) is 17.7 Å². The van der Waals surface area contributed by atoms with E-state index in [1.807, 2.05) is 32.0 Å². The molecular formula is C30H30F3N5O2. The molecule has 2 aromatic carbocycles. The van der Waals surface area contributed by atoms with Crippen molar-refractivity contribution in [2.75, 3.05) is 18.4 Å². The Hall–Kier alpha value is -3.94. The average molecular weight is 550 g/mol. The van der Waals surface area contributed by atoms with E-state index in [0.717, 1.165) is 71.6 Å². The maximum atomic E-state index is 12.8. The highest BCUT2D eigenvalue weighted by Gasteiger charge is 2.30. The molecule has 0 saturated carbocycles. The molecule has 0 aliphatic carbocycles. The van der Waals surface area contributed by atoms with Gasteiger partial charge in [-0.05, 0) is 79.3 Å². The van der Waals surface area contributed by atoms with Gasteiger partial charge in [-0.3, -0.25) is 4.90 Å². The first-order valence-corrected chi connectivity index (χ1v) is 13.2. The SMILES string of the molecule is Cc1cc(/C=C/C#N)cc(C)c1Oc1nc(NC2CCN(Cc3ccc(C(F)(F)F)cc3)CC2)nc2c1COC2. The first kappa shape index (κ1) is 27.6. The molecule has 1 saturated heterocycles. The van der Waals surface area contributed by atoms with Crippen molar-refractivity contribution in [1.82, 2.24) is 14.9 Å². The second kappa shape index (κ2) is 11.7. The summed E-state index contributed by atoms with van der Waals surface area (Å²) in [7, 11) is 0. The highest BCUT2D eigenvalue weighted by atomic mass is 19.4. The number of fused-ring (bicyclic) bond motifs is 1. The third kappa shape index (κ3) is 6.43. The number of aromatic nitrogens is 2. The zero-order valence-electron chi connectivity index (χ0n) is 22.4. The van der Waals surface area contributed by atoms with E-state index in [-0.39, 0.29) is 6.04 Å². The summed E-state index contributed by atoms with van der Waals surface area (Å²) in [5.41, 5.74) is 4.66. The number of alkyl halides is 3. The van der Waals surface area contributed by atoms with Gasteiger partial charge >= 0.3 is 6.18 Å². The first-order valence-electron chi connectivity index (χ1n) is 13.2. The number of piperidine rings is 1. The van der Waals surface area contributed by atoms with Crippen LogP contribution in [0.5, 0.6) is 11.6 Å². The summed E-state index contributed by atoms with van der Waals surface area (Å²) in [4.78, 5) is 11.6. The number of halogens is 3. The quantitative estimate of drug-likeness (QED) is 0.335. The van der Waals surface area contributed by atoms with Crippen LogP contribution in [0.25, 0.3) is 6.08 Å². The van der Waals surface area contributed by atoms with Gasteiger partial charge in [-0.2, -0.15) is 23.4 Å². The predicted molar refractivity (Wildman–Crippen MR) is 145 cm³/mol. The Labute approximate surface area is 231 Å². The van der Waals surface area contributed by atoms with E-state index in [2.05, 4.69) is 15.2 Å². The number of nitriles is 1. The Bertz CT molecular complexity index is 1420. The Morgan fingerprint density at radius 2 is 1.80 bits per heavy atom. The number of rotatable bonds is 7. The molecule has 0 amide bonds. The minimum atomic E-state index is -4.32. The fourth-order valence-corrected chi connectivity index (χ4v) is 5.12. The lowest BCUT2D eigenvalue weighted by Crippen LogP contribution is -2.39. The van der Waals surface area contributed by atoms with Crippen LogP contribution in [0.3, 0.4) is 0 Å². The van der Waals surface area contributed by atoms with Crippen molar-refractivity contribution in [2.45, 2.75) is 58.7 Å². The Balaban J connectivity index is 1.24. The molecule has 40 heavy (non-hydrogen) atoms. The monoisotopic (exact) mass is 549 g/mol. The molecule has 208 valence electrons. The molecule has 2 aliphatic rings. The number of nitrogens with one attached hydrogen (secondary N) is 1. The molecule has 1 N–H and O–H groups in total. The van der Waals surface area contributed by atoms with Crippen molar-refractivity contribution in [3.05, 3.63) is 81.5 Å². The van der Waals surface area contributed by atoms with E-state index in [0.29, 0.717) is 37.3 Å². The Kier molecular flexibility index (Phi) is 8.05. The molecule has 1 fully saturated rings. The minimum Gasteiger partial charge on any atom is -0.438 e. The lowest BCUT2D eigenvalue weighted by molar-refractivity contribution is -0.137. The Morgan fingerprint density at radius 1 is 1.10 bits per heavy atom. The molecule has 0 radical (unpaired) electrons. The van der Waals surface area contributed by atoms with Crippen LogP contribution in [0.2, 0.25) is 0 Å². The Morgan fingerprint density at radius 3 is 2.45 bits per heavy atom. The number of hydrogen-bond donors (Lipinski definition) is 1.